The highest BCUT2D eigenvalue weighted by Gasteiger charge is 2.16. The van der Waals surface area contributed by atoms with E-state index in [0.29, 0.717) is 0 Å². The quantitative estimate of drug-likeness (QED) is 0.630. The fourth-order valence-electron chi connectivity index (χ4n) is 2.31. The van der Waals surface area contributed by atoms with Crippen LogP contribution in [0.5, 0.6) is 0 Å². The molecule has 0 aromatic rings. The molecule has 99 valence electrons. The van der Waals surface area contributed by atoms with Crippen molar-refractivity contribution >= 4 is 0 Å². The van der Waals surface area contributed by atoms with Gasteiger partial charge in [-0.15, -0.1) is 0 Å². The van der Waals surface area contributed by atoms with Crippen molar-refractivity contribution < 1.29 is 0 Å². The third-order valence-corrected chi connectivity index (χ3v) is 3.79. The van der Waals surface area contributed by atoms with Crippen molar-refractivity contribution in [1.29, 1.82) is 0 Å². The van der Waals surface area contributed by atoms with Gasteiger partial charge in [0.1, 0.15) is 0 Å². The van der Waals surface area contributed by atoms with Crippen molar-refractivity contribution in [2.45, 2.75) is 0 Å². The van der Waals surface area contributed by atoms with Gasteiger partial charge in [0.2, 0.25) is 0 Å². The van der Waals surface area contributed by atoms with Crippen LogP contribution in [0.2, 0.25) is 0 Å². The molecule has 0 amide bonds. The summed E-state index contributed by atoms with van der Waals surface area (Å²) in [4.78, 5) is 9.68. The predicted octanol–water partition coefficient (Wildman–Crippen LogP) is -0.999. The van der Waals surface area contributed by atoms with Crippen LogP contribution in [0.4, 0.5) is 0 Å². The van der Waals surface area contributed by atoms with E-state index in [4.69, 9.17) is 0 Å². The van der Waals surface area contributed by atoms with E-state index in [-0.39, 0.29) is 0 Å². The van der Waals surface area contributed by atoms with Gasteiger partial charge >= 0.3 is 0 Å². The Balaban J connectivity index is 1.54. The van der Waals surface area contributed by atoms with Crippen molar-refractivity contribution in [3.8, 4) is 0 Å². The third-order valence-electron chi connectivity index (χ3n) is 3.79. The second-order valence-corrected chi connectivity index (χ2v) is 5.35. The van der Waals surface area contributed by atoms with Gasteiger partial charge in [-0.1, -0.05) is 0 Å². The van der Waals surface area contributed by atoms with Crippen LogP contribution in [-0.2, 0) is 0 Å². The van der Waals surface area contributed by atoms with E-state index in [9.17, 15) is 0 Å². The summed E-state index contributed by atoms with van der Waals surface area (Å²) in [5.74, 6) is 0. The lowest BCUT2D eigenvalue weighted by atomic mass is 10.3. The normalized spacial score (nSPS) is 26.5. The van der Waals surface area contributed by atoms with Crippen LogP contribution >= 0.6 is 0 Å². The van der Waals surface area contributed by atoms with Gasteiger partial charge in [-0.05, 0) is 14.1 Å². The minimum Gasteiger partial charge on any atom is -0.304 e. The number of hydrogen-bond acceptors (Lipinski definition) is 4. The van der Waals surface area contributed by atoms with Gasteiger partial charge in [0, 0.05) is 52.4 Å². The molecule has 5 nitrogen and oxygen atoms in total. The molecule has 0 saturated carbocycles. The molecular weight excluding hydrogens is 214 g/mol. The van der Waals surface area contributed by atoms with Crippen LogP contribution in [0, 0.1) is 0 Å². The fourth-order valence-corrected chi connectivity index (χ4v) is 2.31. The van der Waals surface area contributed by atoms with Gasteiger partial charge in [0.05, 0.1) is 13.3 Å². The van der Waals surface area contributed by atoms with Crippen LogP contribution in [0.3, 0.4) is 0 Å². The SMILES string of the molecule is CN1CCN(C[N]CN2CCN(C)CC2)CC1. The lowest BCUT2D eigenvalue weighted by Crippen LogP contribution is -2.50. The topological polar surface area (TPSA) is 27.1 Å². The third kappa shape index (κ3) is 4.52. The molecule has 2 rings (SSSR count). The Hall–Kier alpha value is -0.200. The lowest BCUT2D eigenvalue weighted by Gasteiger charge is -2.34. The second kappa shape index (κ2) is 6.66. The zero-order valence-corrected chi connectivity index (χ0v) is 11.3. The first-order valence-corrected chi connectivity index (χ1v) is 6.69. The molecule has 2 heterocycles. The number of piperazine rings is 2. The molecule has 0 atom stereocenters. The molecule has 5 heteroatoms. The maximum Gasteiger partial charge on any atom is 0.0665 e. The largest absolute Gasteiger partial charge is 0.304 e. The Morgan fingerprint density at radius 1 is 0.647 bits per heavy atom. The Bertz CT molecular complexity index is 185. The van der Waals surface area contributed by atoms with Gasteiger partial charge in [-0.25, -0.2) is 5.32 Å². The maximum absolute atomic E-state index is 4.68. The number of likely N-dealkylation sites (N-methyl/N-ethyl adjacent to an activating group) is 2. The Morgan fingerprint density at radius 2 is 1.00 bits per heavy atom. The molecule has 2 aliphatic rings. The molecular formula is C12H26N5. The summed E-state index contributed by atoms with van der Waals surface area (Å²) < 4.78 is 0. The average Bonchev–Trinajstić information content (AvgIpc) is 2.34. The molecule has 0 N–H and O–H groups in total. The standard InChI is InChI=1S/C12H26N5/c1-14-3-7-16(8-4-14)11-13-12-17-9-5-15(2)6-10-17/h3-12H2,1-2H3. The molecule has 2 aliphatic heterocycles. The second-order valence-electron chi connectivity index (χ2n) is 5.35. The van der Waals surface area contributed by atoms with E-state index >= 15 is 0 Å². The molecule has 2 fully saturated rings. The summed E-state index contributed by atoms with van der Waals surface area (Å²) in [5, 5.41) is 4.68. The first-order valence-electron chi connectivity index (χ1n) is 6.69. The van der Waals surface area contributed by atoms with Gasteiger partial charge in [0.25, 0.3) is 0 Å². The van der Waals surface area contributed by atoms with Gasteiger partial charge in [0.15, 0.2) is 0 Å². The zero-order chi connectivity index (χ0) is 12.1. The first kappa shape index (κ1) is 13.2. The minimum absolute atomic E-state index is 0.917. The minimum atomic E-state index is 0.917. The molecule has 0 aromatic carbocycles. The van der Waals surface area contributed by atoms with Crippen molar-refractivity contribution in [3.05, 3.63) is 0 Å². The van der Waals surface area contributed by atoms with Crippen molar-refractivity contribution in [1.82, 2.24) is 24.9 Å². The molecule has 2 saturated heterocycles. The van der Waals surface area contributed by atoms with Crippen molar-refractivity contribution in [2.24, 2.45) is 0 Å². The number of rotatable bonds is 4. The van der Waals surface area contributed by atoms with Crippen LogP contribution < -0.4 is 5.32 Å². The molecule has 0 aromatic heterocycles. The summed E-state index contributed by atoms with van der Waals surface area (Å²) in [6.45, 7) is 11.2. The Kier molecular flexibility index (Phi) is 5.18. The van der Waals surface area contributed by atoms with Crippen LogP contribution in [-0.4, -0.2) is 99.4 Å². The molecule has 17 heavy (non-hydrogen) atoms. The molecule has 0 aliphatic carbocycles. The summed E-state index contributed by atoms with van der Waals surface area (Å²) in [6, 6.07) is 0. The Labute approximate surface area is 105 Å². The maximum atomic E-state index is 4.68. The molecule has 0 unspecified atom stereocenters. The fraction of sp³-hybridized carbons (Fsp3) is 1.00. The zero-order valence-electron chi connectivity index (χ0n) is 11.3. The summed E-state index contributed by atoms with van der Waals surface area (Å²) in [7, 11) is 4.39. The van der Waals surface area contributed by atoms with E-state index in [1.165, 1.54) is 52.4 Å². The monoisotopic (exact) mass is 240 g/mol. The molecule has 0 spiro atoms. The van der Waals surface area contributed by atoms with E-state index in [1.807, 2.05) is 0 Å². The smallest absolute Gasteiger partial charge is 0.0665 e. The summed E-state index contributed by atoms with van der Waals surface area (Å²) >= 11 is 0. The number of hydrogen-bond donors (Lipinski definition) is 0. The van der Waals surface area contributed by atoms with Crippen LogP contribution in [0.15, 0.2) is 0 Å². The van der Waals surface area contributed by atoms with Crippen molar-refractivity contribution in [3.63, 3.8) is 0 Å². The number of nitrogens with zero attached hydrogens (tertiary/aromatic N) is 5. The highest BCUT2D eigenvalue weighted by atomic mass is 15.3. The summed E-state index contributed by atoms with van der Waals surface area (Å²) in [5.41, 5.74) is 0. The molecule has 1 radical (unpaired) electrons. The predicted molar refractivity (Wildman–Crippen MR) is 70.0 cm³/mol. The molecule has 0 bridgehead atoms. The van der Waals surface area contributed by atoms with Gasteiger partial charge in [-0.2, -0.15) is 0 Å². The highest BCUT2D eigenvalue weighted by Crippen LogP contribution is 1.99. The van der Waals surface area contributed by atoms with E-state index in [2.05, 4.69) is 39.0 Å². The van der Waals surface area contributed by atoms with Gasteiger partial charge in [-0.3, -0.25) is 9.80 Å². The first-order chi connectivity index (χ1) is 8.24. The Morgan fingerprint density at radius 3 is 1.35 bits per heavy atom. The average molecular weight is 240 g/mol. The van der Waals surface area contributed by atoms with Crippen LogP contribution in [0.1, 0.15) is 0 Å². The lowest BCUT2D eigenvalue weighted by molar-refractivity contribution is 0.112. The van der Waals surface area contributed by atoms with E-state index in [0.717, 1.165) is 13.3 Å². The highest BCUT2D eigenvalue weighted by molar-refractivity contribution is 4.70. The van der Waals surface area contributed by atoms with Gasteiger partial charge < -0.3 is 9.80 Å². The summed E-state index contributed by atoms with van der Waals surface area (Å²) in [6.07, 6.45) is 0. The van der Waals surface area contributed by atoms with Crippen molar-refractivity contribution in [2.75, 3.05) is 79.8 Å². The van der Waals surface area contributed by atoms with Crippen LogP contribution in [0.25, 0.3) is 0 Å². The van der Waals surface area contributed by atoms with E-state index in [1.54, 1.807) is 0 Å². The van der Waals surface area contributed by atoms with E-state index < -0.39 is 0 Å².